The molecule has 0 aliphatic carbocycles. The quantitative estimate of drug-likeness (QED) is 0.0766. The summed E-state index contributed by atoms with van der Waals surface area (Å²) in [6, 6.07) is 3.09. The predicted octanol–water partition coefficient (Wildman–Crippen LogP) is -3.96. The number of aromatic amines is 2. The summed E-state index contributed by atoms with van der Waals surface area (Å²) in [5.74, 6) is -9.64. The lowest BCUT2D eigenvalue weighted by Crippen LogP contribution is -2.55. The van der Waals surface area contributed by atoms with Gasteiger partial charge in [0.25, 0.3) is 0 Å². The predicted molar refractivity (Wildman–Crippen MR) is 136 cm³/mol. The summed E-state index contributed by atoms with van der Waals surface area (Å²) in [6.07, 6.45) is 8.80. The highest BCUT2D eigenvalue weighted by atomic mass is 19.1. The van der Waals surface area contributed by atoms with E-state index >= 15 is 0 Å². The third-order valence-corrected chi connectivity index (χ3v) is 4.40. The van der Waals surface area contributed by atoms with Crippen molar-refractivity contribution in [1.82, 2.24) is 20.2 Å². The number of aromatic nitrogens is 6. The standard InChI is InChI=1S/C13H12F2N6O.3C4H4O4/c14-10-1-2-11(12(15)3-10)13(22,4-20-8-16-6-18-20)5-21-9-17-7-19-21;3*5-3(6)1-2-4(7)8/h1-3,6-9,22H,4-5H2;3*1-2H,(H,5,6)(H,7,8)/b;3*2-1-. The van der Waals surface area contributed by atoms with Gasteiger partial charge in [-0.25, -0.2) is 28.0 Å². The Bertz CT molecular complexity index is 1390. The maximum absolute atomic E-state index is 14.1. The Labute approximate surface area is 254 Å². The monoisotopic (exact) mass is 654 g/mol. The minimum atomic E-state index is -1.63. The van der Waals surface area contributed by atoms with Crippen molar-refractivity contribution < 1.29 is 82.7 Å². The molecule has 1 aromatic carbocycles. The maximum atomic E-state index is 14.1. The van der Waals surface area contributed by atoms with E-state index in [2.05, 4.69) is 20.2 Å². The molecule has 0 atom stereocenters. The van der Waals surface area contributed by atoms with Crippen molar-refractivity contribution in [2.24, 2.45) is 0 Å². The van der Waals surface area contributed by atoms with Gasteiger partial charge < -0.3 is 45.3 Å². The van der Waals surface area contributed by atoms with Crippen LogP contribution < -0.4 is 19.6 Å². The van der Waals surface area contributed by atoms with E-state index in [1.54, 1.807) is 0 Å². The van der Waals surface area contributed by atoms with Gasteiger partial charge in [0.2, 0.25) is 12.7 Å². The topological polar surface area (TPSA) is 315 Å². The smallest absolute Gasteiger partial charge is 0.328 e. The van der Waals surface area contributed by atoms with Crippen LogP contribution in [0.4, 0.5) is 8.78 Å². The van der Waals surface area contributed by atoms with Crippen LogP contribution in [0.3, 0.4) is 0 Å². The zero-order chi connectivity index (χ0) is 35.3. The molecule has 0 aliphatic heterocycles. The van der Waals surface area contributed by atoms with Crippen LogP contribution in [-0.4, -0.2) is 81.5 Å². The zero-order valence-electron chi connectivity index (χ0n) is 23.0. The van der Waals surface area contributed by atoms with Gasteiger partial charge in [-0.05, 0) is 34.3 Å². The molecule has 7 N–H and O–H groups in total. The largest absolute Gasteiger partial charge is 0.545 e. The van der Waals surface area contributed by atoms with E-state index < -0.39 is 53.1 Å². The summed E-state index contributed by atoms with van der Waals surface area (Å²) < 4.78 is 30.3. The lowest BCUT2D eigenvalue weighted by Gasteiger charge is -2.24. The molecule has 246 valence electrons. The second-order valence-corrected chi connectivity index (χ2v) is 7.95. The van der Waals surface area contributed by atoms with Crippen LogP contribution in [0.2, 0.25) is 0 Å². The number of carboxylic acid groups (broad SMARTS) is 6. The molecule has 0 unspecified atom stereocenters. The molecule has 21 heteroatoms. The van der Waals surface area contributed by atoms with Crippen LogP contribution in [0.5, 0.6) is 0 Å². The summed E-state index contributed by atoms with van der Waals surface area (Å²) in [5.41, 5.74) is -1.65. The number of nitrogens with one attached hydrogen (secondary N) is 2. The number of carbonyl (C=O) groups excluding carboxylic acids is 2. The number of aliphatic hydroxyl groups is 1. The number of aliphatic carboxylic acids is 6. The highest BCUT2D eigenvalue weighted by molar-refractivity contribution is 5.90. The molecule has 0 bridgehead atoms. The van der Waals surface area contributed by atoms with Crippen molar-refractivity contribution in [3.63, 3.8) is 0 Å². The van der Waals surface area contributed by atoms with Gasteiger partial charge in [0.15, 0.2) is 5.60 Å². The van der Waals surface area contributed by atoms with Crippen molar-refractivity contribution in [3.05, 3.63) is 97.2 Å². The van der Waals surface area contributed by atoms with Crippen LogP contribution in [0.25, 0.3) is 0 Å². The number of halogens is 2. The van der Waals surface area contributed by atoms with Crippen LogP contribution in [0.15, 0.2) is 80.0 Å². The second-order valence-electron chi connectivity index (χ2n) is 7.95. The van der Waals surface area contributed by atoms with Gasteiger partial charge in [-0.3, -0.25) is 0 Å². The summed E-state index contributed by atoms with van der Waals surface area (Å²) in [4.78, 5) is 64.7. The fourth-order valence-electron chi connectivity index (χ4n) is 2.75. The lowest BCUT2D eigenvalue weighted by molar-refractivity contribution is -0.801. The van der Waals surface area contributed by atoms with Crippen LogP contribution in [0.1, 0.15) is 5.56 Å². The highest BCUT2D eigenvalue weighted by Crippen LogP contribution is 2.25. The van der Waals surface area contributed by atoms with E-state index in [1.807, 2.05) is 0 Å². The van der Waals surface area contributed by atoms with Gasteiger partial charge in [-0.15, -0.1) is 0 Å². The van der Waals surface area contributed by atoms with Gasteiger partial charge in [-0.1, -0.05) is 0 Å². The van der Waals surface area contributed by atoms with E-state index in [-0.39, 0.29) is 18.7 Å². The SMILES string of the molecule is O=C(O)/C=C\C(=O)O.O=C([O-])/C=C\C(=O)O.O=C([O-])/C=C\C(=O)O.OC(C[n+]1cnc[nH]1)(C[n+]1cnc[nH]1)c1ccc(F)cc1F. The molecule has 0 fully saturated rings. The zero-order valence-corrected chi connectivity index (χ0v) is 23.0. The number of benzene rings is 1. The summed E-state index contributed by atoms with van der Waals surface area (Å²) >= 11 is 0. The molecule has 19 nitrogen and oxygen atoms in total. The van der Waals surface area contributed by atoms with Gasteiger partial charge in [0.1, 0.15) is 24.7 Å². The Morgan fingerprint density at radius 3 is 1.35 bits per heavy atom. The molecule has 3 rings (SSSR count). The highest BCUT2D eigenvalue weighted by Gasteiger charge is 2.38. The van der Waals surface area contributed by atoms with E-state index in [9.17, 15) is 52.9 Å². The van der Waals surface area contributed by atoms with Gasteiger partial charge in [0, 0.05) is 35.9 Å². The number of H-pyrrole nitrogens is 2. The van der Waals surface area contributed by atoms with Crippen LogP contribution in [0, 0.1) is 11.6 Å². The molecule has 0 radical (unpaired) electrons. The first-order valence-electron chi connectivity index (χ1n) is 11.8. The van der Waals surface area contributed by atoms with Crippen molar-refractivity contribution >= 4 is 35.8 Å². The van der Waals surface area contributed by atoms with Crippen molar-refractivity contribution in [3.8, 4) is 0 Å². The molecule has 0 saturated carbocycles. The average molecular weight is 654 g/mol. The third kappa shape index (κ3) is 18.7. The van der Waals surface area contributed by atoms with Crippen LogP contribution >= 0.6 is 0 Å². The Kier molecular flexibility index (Phi) is 17.4. The molecule has 46 heavy (non-hydrogen) atoms. The van der Waals surface area contributed by atoms with E-state index in [0.29, 0.717) is 36.5 Å². The average Bonchev–Trinajstić information content (AvgIpc) is 3.65. The molecule has 0 saturated heterocycles. The number of hydrogen-bond acceptors (Lipinski definition) is 11. The molecule has 0 aliphatic rings. The van der Waals surface area contributed by atoms with Crippen LogP contribution in [-0.2, 0) is 47.5 Å². The molecular formula is C25H24F2N6O13. The summed E-state index contributed by atoms with van der Waals surface area (Å²) in [6.45, 7) is 0.00312. The van der Waals surface area contributed by atoms with Gasteiger partial charge >= 0.3 is 36.5 Å². The lowest BCUT2D eigenvalue weighted by atomic mass is 9.93. The van der Waals surface area contributed by atoms with Crippen molar-refractivity contribution in [2.45, 2.75) is 18.7 Å². The number of carbonyl (C=O) groups is 6. The molecule has 0 amide bonds. The minimum absolute atomic E-state index is 0.00156. The number of nitrogens with zero attached hydrogens (tertiary/aromatic N) is 4. The minimum Gasteiger partial charge on any atom is -0.545 e. The van der Waals surface area contributed by atoms with Crippen molar-refractivity contribution in [2.75, 3.05) is 0 Å². The summed E-state index contributed by atoms with van der Waals surface area (Å²) in [7, 11) is 0. The molecular weight excluding hydrogens is 630 g/mol. The second kappa shape index (κ2) is 20.3. The first-order valence-corrected chi connectivity index (χ1v) is 11.8. The Hall–Kier alpha value is -6.64. The number of hydrogen-bond donors (Lipinski definition) is 7. The first-order chi connectivity index (χ1) is 21.4. The Balaban J connectivity index is 0.000000699. The summed E-state index contributed by atoms with van der Waals surface area (Å²) in [5, 5.41) is 66.7. The third-order valence-electron chi connectivity index (χ3n) is 4.40. The van der Waals surface area contributed by atoms with E-state index in [1.165, 1.54) is 40.7 Å². The normalized spacial score (nSPS) is 10.6. The van der Waals surface area contributed by atoms with Gasteiger partial charge in [-0.2, -0.15) is 19.6 Å². The molecule has 3 aromatic rings. The Morgan fingerprint density at radius 2 is 1.09 bits per heavy atom. The van der Waals surface area contributed by atoms with E-state index in [0.717, 1.165) is 12.1 Å². The maximum Gasteiger partial charge on any atom is 0.328 e. The molecule has 2 heterocycles. The molecule has 2 aromatic heterocycles. The first kappa shape index (κ1) is 39.4. The van der Waals surface area contributed by atoms with E-state index in [4.69, 9.17) is 20.4 Å². The Morgan fingerprint density at radius 1 is 0.717 bits per heavy atom. The van der Waals surface area contributed by atoms with Crippen molar-refractivity contribution in [1.29, 1.82) is 0 Å². The number of carboxylic acids is 6. The van der Waals surface area contributed by atoms with Gasteiger partial charge in [0.05, 0.1) is 11.9 Å². The fourth-order valence-corrected chi connectivity index (χ4v) is 2.75. The molecule has 0 spiro atoms. The number of rotatable bonds is 11. The fraction of sp³-hybridized carbons (Fsp3) is 0.120.